The van der Waals surface area contributed by atoms with Crippen LogP contribution in [-0.2, 0) is 10.2 Å². The molecule has 128 valence electrons. The van der Waals surface area contributed by atoms with Crippen LogP contribution in [0.2, 0.25) is 0 Å². The molecule has 2 aliphatic heterocycles. The van der Waals surface area contributed by atoms with E-state index >= 15 is 0 Å². The highest BCUT2D eigenvalue weighted by Crippen LogP contribution is 2.41. The Balaban J connectivity index is 1.75. The van der Waals surface area contributed by atoms with Crippen molar-refractivity contribution in [2.75, 3.05) is 26.2 Å². The Kier molecular flexibility index (Phi) is 5.76. The topological polar surface area (TPSA) is 13.7 Å². The highest BCUT2D eigenvalue weighted by atomic mass is 16.5. The van der Waals surface area contributed by atoms with Gasteiger partial charge in [0, 0.05) is 18.4 Å². The molecule has 0 amide bonds. The zero-order chi connectivity index (χ0) is 16.1. The van der Waals surface area contributed by atoms with E-state index in [2.05, 4.69) is 44.2 Å². The summed E-state index contributed by atoms with van der Waals surface area (Å²) in [6.07, 6.45) is 8.40. The molecular weight excluding hydrogens is 282 g/mol. The minimum absolute atomic E-state index is 0.332. The van der Waals surface area contributed by atoms with Gasteiger partial charge >= 0.3 is 0 Å². The van der Waals surface area contributed by atoms with Crippen LogP contribution in [0.4, 0.5) is 0 Å². The van der Waals surface area contributed by atoms with Crippen molar-refractivity contribution in [3.05, 3.63) is 35.9 Å². The van der Waals surface area contributed by atoms with Gasteiger partial charge in [-0.1, -0.05) is 44.2 Å². The highest BCUT2D eigenvalue weighted by molar-refractivity contribution is 5.26. The monoisotopic (exact) mass is 316 g/mol. The van der Waals surface area contributed by atoms with E-state index in [1.807, 2.05) is 4.90 Å². The lowest BCUT2D eigenvalue weighted by Gasteiger charge is -2.43. The summed E-state index contributed by atoms with van der Waals surface area (Å²) in [5.41, 5.74) is 1.88. The van der Waals surface area contributed by atoms with Gasteiger partial charge in [-0.05, 0) is 43.6 Å². The van der Waals surface area contributed by atoms with E-state index in [1.165, 1.54) is 58.2 Å². The first-order chi connectivity index (χ1) is 11.2. The molecule has 0 radical (unpaired) electrons. The Morgan fingerprint density at radius 3 is 2.57 bits per heavy atom. The van der Waals surface area contributed by atoms with Gasteiger partial charge in [0.15, 0.2) is 0 Å². The Morgan fingerprint density at radius 1 is 1.13 bits per heavy atom. The maximum absolute atomic E-state index is 6.10. The summed E-state index contributed by atoms with van der Waals surface area (Å²) < 4.78 is 6.10. The molecule has 2 atom stereocenters. The molecule has 23 heavy (non-hydrogen) atoms. The van der Waals surface area contributed by atoms with Crippen molar-refractivity contribution in [3.63, 3.8) is 0 Å². The smallest absolute Gasteiger partial charge is 0.0779 e. The quantitative estimate of drug-likeness (QED) is 0.880. The number of likely N-dealkylation sites (tertiary alicyclic amines) is 1. The van der Waals surface area contributed by atoms with Gasteiger partial charge in [0.05, 0.1) is 25.7 Å². The third-order valence-corrected chi connectivity index (χ3v) is 6.15. The molecular formula is C21H34NO+. The number of piperidine rings is 1. The molecule has 0 spiro atoms. The van der Waals surface area contributed by atoms with E-state index < -0.39 is 0 Å². The van der Waals surface area contributed by atoms with Crippen LogP contribution in [-0.4, -0.2) is 32.3 Å². The summed E-state index contributed by atoms with van der Waals surface area (Å²) in [6, 6.07) is 11.3. The van der Waals surface area contributed by atoms with Crippen molar-refractivity contribution in [3.8, 4) is 0 Å². The molecule has 3 rings (SSSR count). The third-order valence-electron chi connectivity index (χ3n) is 6.15. The largest absolute Gasteiger partial charge is 0.378 e. The first-order valence-electron chi connectivity index (χ1n) is 9.70. The molecule has 2 heteroatoms. The van der Waals surface area contributed by atoms with Gasteiger partial charge in [-0.25, -0.2) is 0 Å². The zero-order valence-corrected chi connectivity index (χ0v) is 15.0. The number of nitrogens with one attached hydrogen (secondary N) is 1. The zero-order valence-electron chi connectivity index (χ0n) is 15.0. The molecule has 2 nitrogen and oxygen atoms in total. The molecule has 2 fully saturated rings. The molecule has 1 aromatic carbocycles. The van der Waals surface area contributed by atoms with Crippen LogP contribution in [0.1, 0.15) is 57.9 Å². The van der Waals surface area contributed by atoms with E-state index in [1.54, 1.807) is 5.56 Å². The fourth-order valence-electron chi connectivity index (χ4n) is 4.52. The summed E-state index contributed by atoms with van der Waals surface area (Å²) in [4.78, 5) is 1.83. The van der Waals surface area contributed by atoms with E-state index in [9.17, 15) is 0 Å². The number of quaternary nitrogens is 1. The number of rotatable bonds is 5. The van der Waals surface area contributed by atoms with Gasteiger partial charge < -0.3 is 9.64 Å². The van der Waals surface area contributed by atoms with E-state index in [4.69, 9.17) is 4.74 Å². The predicted octanol–water partition coefficient (Wildman–Crippen LogP) is 3.22. The summed E-state index contributed by atoms with van der Waals surface area (Å²) >= 11 is 0. The minimum Gasteiger partial charge on any atom is -0.378 e. The van der Waals surface area contributed by atoms with Gasteiger partial charge in [-0.15, -0.1) is 0 Å². The molecule has 0 bridgehead atoms. The van der Waals surface area contributed by atoms with Crippen LogP contribution in [0.3, 0.4) is 0 Å². The van der Waals surface area contributed by atoms with Gasteiger partial charge in [-0.2, -0.15) is 0 Å². The first-order valence-corrected chi connectivity index (χ1v) is 9.70. The summed E-state index contributed by atoms with van der Waals surface area (Å²) in [5.74, 6) is 0.612. The maximum Gasteiger partial charge on any atom is 0.0779 e. The lowest BCUT2D eigenvalue weighted by Crippen LogP contribution is -3.13. The van der Waals surface area contributed by atoms with Crippen LogP contribution in [0, 0.1) is 5.92 Å². The summed E-state index contributed by atoms with van der Waals surface area (Å²) in [6.45, 7) is 9.64. The average molecular weight is 317 g/mol. The lowest BCUT2D eigenvalue weighted by molar-refractivity contribution is -0.905. The van der Waals surface area contributed by atoms with Crippen molar-refractivity contribution in [2.45, 2.75) is 63.9 Å². The molecule has 1 N–H and O–H groups in total. The van der Waals surface area contributed by atoms with Crippen molar-refractivity contribution in [1.82, 2.24) is 0 Å². The maximum atomic E-state index is 6.10. The summed E-state index contributed by atoms with van der Waals surface area (Å²) in [5, 5.41) is 0. The van der Waals surface area contributed by atoms with Crippen LogP contribution in [0.5, 0.6) is 0 Å². The average Bonchev–Trinajstić information content (AvgIpc) is 2.62. The fraction of sp³-hybridized carbons (Fsp3) is 0.714. The fourth-order valence-corrected chi connectivity index (χ4v) is 4.52. The van der Waals surface area contributed by atoms with Crippen molar-refractivity contribution in [1.29, 1.82) is 0 Å². The molecule has 0 aliphatic carbocycles. The Bertz CT molecular complexity index is 466. The van der Waals surface area contributed by atoms with Crippen LogP contribution in [0.15, 0.2) is 30.3 Å². The standard InChI is InChI=1S/C21H33NO/c1-18(2)20-17-21(12-16-23-20,19-9-5-3-6-10-19)11-15-22-13-7-4-8-14-22/h3,5-6,9-10,18,20H,4,7-8,11-17H2,1-2H3/p+1/t20-,21+/m1/s1. The molecule has 0 unspecified atom stereocenters. The van der Waals surface area contributed by atoms with E-state index in [-0.39, 0.29) is 0 Å². The molecule has 1 aromatic rings. The Labute approximate surface area is 142 Å². The normalized spacial score (nSPS) is 29.8. The lowest BCUT2D eigenvalue weighted by atomic mass is 9.68. The van der Waals surface area contributed by atoms with Crippen LogP contribution in [0.25, 0.3) is 0 Å². The second-order valence-electron chi connectivity index (χ2n) is 8.06. The van der Waals surface area contributed by atoms with Crippen molar-refractivity contribution < 1.29 is 9.64 Å². The SMILES string of the molecule is CC(C)[C@H]1C[C@@](CC[NH+]2CCCCC2)(c2ccccc2)CCO1. The van der Waals surface area contributed by atoms with Gasteiger partial charge in [0.1, 0.15) is 0 Å². The van der Waals surface area contributed by atoms with Crippen molar-refractivity contribution in [2.24, 2.45) is 5.92 Å². The van der Waals surface area contributed by atoms with Crippen LogP contribution >= 0.6 is 0 Å². The molecule has 2 saturated heterocycles. The molecule has 0 aromatic heterocycles. The van der Waals surface area contributed by atoms with Gasteiger partial charge in [0.2, 0.25) is 0 Å². The Hall–Kier alpha value is -0.860. The highest BCUT2D eigenvalue weighted by Gasteiger charge is 2.40. The number of hydrogen-bond acceptors (Lipinski definition) is 1. The number of hydrogen-bond donors (Lipinski definition) is 1. The summed E-state index contributed by atoms with van der Waals surface area (Å²) in [7, 11) is 0. The molecule has 2 heterocycles. The van der Waals surface area contributed by atoms with Crippen molar-refractivity contribution >= 4 is 0 Å². The van der Waals surface area contributed by atoms with E-state index in [0.29, 0.717) is 17.4 Å². The number of benzene rings is 1. The molecule has 0 saturated carbocycles. The van der Waals surface area contributed by atoms with Gasteiger partial charge in [0.25, 0.3) is 0 Å². The molecule has 2 aliphatic rings. The second-order valence-corrected chi connectivity index (χ2v) is 8.06. The van der Waals surface area contributed by atoms with E-state index in [0.717, 1.165) is 6.61 Å². The first kappa shape index (κ1) is 17.0. The Morgan fingerprint density at radius 2 is 1.87 bits per heavy atom. The second kappa shape index (κ2) is 7.81. The minimum atomic E-state index is 0.332. The third kappa shape index (κ3) is 4.16. The number of ether oxygens (including phenoxy) is 1. The van der Waals surface area contributed by atoms with Gasteiger partial charge in [-0.3, -0.25) is 0 Å². The van der Waals surface area contributed by atoms with Crippen LogP contribution < -0.4 is 4.90 Å². The predicted molar refractivity (Wildman–Crippen MR) is 96.0 cm³/mol.